The molecule has 0 aliphatic carbocycles. The highest BCUT2D eigenvalue weighted by molar-refractivity contribution is 5.65. The third kappa shape index (κ3) is 2.60. The van der Waals surface area contributed by atoms with Crippen LogP contribution < -0.4 is 9.64 Å². The maximum Gasteiger partial charge on any atom is 0.175 e. The lowest BCUT2D eigenvalue weighted by Crippen LogP contribution is -2.30. The first-order valence-corrected chi connectivity index (χ1v) is 8.10. The summed E-state index contributed by atoms with van der Waals surface area (Å²) in [5.74, 6) is 1.73. The van der Waals surface area contributed by atoms with Crippen LogP contribution in [0.2, 0.25) is 0 Å². The number of nitrogens with zero attached hydrogens (tertiary/aromatic N) is 5. The Kier molecular flexibility index (Phi) is 3.86. The summed E-state index contributed by atoms with van der Waals surface area (Å²) in [6, 6.07) is 16.2. The van der Waals surface area contributed by atoms with E-state index < -0.39 is 0 Å². The van der Waals surface area contributed by atoms with Crippen LogP contribution >= 0.6 is 0 Å². The van der Waals surface area contributed by atoms with Crippen LogP contribution in [0.15, 0.2) is 48.5 Å². The second kappa shape index (κ2) is 6.31. The van der Waals surface area contributed by atoms with E-state index in [0.29, 0.717) is 6.54 Å². The fourth-order valence-electron chi connectivity index (χ4n) is 3.27. The maximum absolute atomic E-state index is 5.58. The predicted octanol–water partition coefficient (Wildman–Crippen LogP) is 2.62. The molecule has 0 unspecified atom stereocenters. The van der Waals surface area contributed by atoms with Gasteiger partial charge in [0.05, 0.1) is 25.0 Å². The van der Waals surface area contributed by atoms with Crippen molar-refractivity contribution in [1.29, 1.82) is 0 Å². The molecule has 0 saturated heterocycles. The monoisotopic (exact) mass is 321 g/mol. The van der Waals surface area contributed by atoms with Gasteiger partial charge in [-0.3, -0.25) is 0 Å². The summed E-state index contributed by atoms with van der Waals surface area (Å²) in [5.41, 5.74) is 3.45. The van der Waals surface area contributed by atoms with Gasteiger partial charge in [-0.05, 0) is 47.0 Å². The van der Waals surface area contributed by atoms with Gasteiger partial charge in [0.1, 0.15) is 5.75 Å². The molecule has 0 radical (unpaired) electrons. The van der Waals surface area contributed by atoms with Crippen LogP contribution in [-0.4, -0.2) is 33.9 Å². The molecule has 0 bridgehead atoms. The molecule has 6 nitrogen and oxygen atoms in total. The number of anilines is 1. The zero-order valence-corrected chi connectivity index (χ0v) is 13.6. The van der Waals surface area contributed by atoms with Gasteiger partial charge >= 0.3 is 0 Å². The van der Waals surface area contributed by atoms with Crippen LogP contribution in [0.3, 0.4) is 0 Å². The summed E-state index contributed by atoms with van der Waals surface area (Å²) >= 11 is 0. The van der Waals surface area contributed by atoms with Gasteiger partial charge in [0.15, 0.2) is 5.82 Å². The zero-order valence-electron chi connectivity index (χ0n) is 13.6. The molecule has 2 aromatic carbocycles. The van der Waals surface area contributed by atoms with Gasteiger partial charge in [0.25, 0.3) is 0 Å². The second-order valence-corrected chi connectivity index (χ2v) is 5.84. The number of ether oxygens (including phenoxy) is 1. The number of methoxy groups -OCH3 is 1. The molecule has 0 saturated carbocycles. The standard InChI is InChI=1S/C18H19N5O/c1-24-16-11-5-7-14-8-6-12-22(18(14)16)13-17-19-20-21-23(17)15-9-3-2-4-10-15/h2-5,7,9-11H,6,8,12-13H2,1H3. The van der Waals surface area contributed by atoms with Crippen LogP contribution in [0, 0.1) is 0 Å². The molecular weight excluding hydrogens is 302 g/mol. The van der Waals surface area contributed by atoms with Crippen LogP contribution in [0.5, 0.6) is 5.75 Å². The maximum atomic E-state index is 5.58. The fourth-order valence-corrected chi connectivity index (χ4v) is 3.27. The Labute approximate surface area is 140 Å². The van der Waals surface area contributed by atoms with Crippen molar-refractivity contribution in [3.05, 3.63) is 59.9 Å². The molecule has 0 spiro atoms. The number of aromatic nitrogens is 4. The van der Waals surface area contributed by atoms with Crippen molar-refractivity contribution in [2.75, 3.05) is 18.6 Å². The van der Waals surface area contributed by atoms with Crippen LogP contribution in [0.25, 0.3) is 5.69 Å². The molecule has 24 heavy (non-hydrogen) atoms. The molecule has 6 heteroatoms. The number of fused-ring (bicyclic) bond motifs is 1. The Bertz CT molecular complexity index is 816. The predicted molar refractivity (Wildman–Crippen MR) is 91.5 cm³/mol. The van der Waals surface area contributed by atoms with Crippen molar-refractivity contribution in [2.24, 2.45) is 0 Å². The van der Waals surface area contributed by atoms with Gasteiger partial charge in [-0.25, -0.2) is 0 Å². The van der Waals surface area contributed by atoms with E-state index in [2.05, 4.69) is 32.6 Å². The van der Waals surface area contributed by atoms with Crippen LogP contribution in [0.1, 0.15) is 17.8 Å². The first-order chi connectivity index (χ1) is 11.9. The lowest BCUT2D eigenvalue weighted by Gasteiger charge is -2.32. The normalized spacial score (nSPS) is 13.6. The summed E-state index contributed by atoms with van der Waals surface area (Å²) in [5, 5.41) is 12.3. The number of benzene rings is 2. The molecule has 0 N–H and O–H groups in total. The summed E-state index contributed by atoms with van der Waals surface area (Å²) in [7, 11) is 1.72. The number of hydrogen-bond acceptors (Lipinski definition) is 5. The van der Waals surface area contributed by atoms with Gasteiger partial charge in [0.2, 0.25) is 0 Å². The molecular formula is C18H19N5O. The summed E-state index contributed by atoms with van der Waals surface area (Å²) in [6.07, 6.45) is 2.19. The molecule has 0 amide bonds. The second-order valence-electron chi connectivity index (χ2n) is 5.84. The van der Waals surface area contributed by atoms with E-state index in [0.717, 1.165) is 42.3 Å². The fraction of sp³-hybridized carbons (Fsp3) is 0.278. The number of aryl methyl sites for hydroxylation is 1. The van der Waals surface area contributed by atoms with Crippen molar-refractivity contribution in [1.82, 2.24) is 20.2 Å². The highest BCUT2D eigenvalue weighted by atomic mass is 16.5. The SMILES string of the molecule is COc1cccc2c1N(Cc1nnnn1-c1ccccc1)CCC2. The average molecular weight is 321 g/mol. The average Bonchev–Trinajstić information content (AvgIpc) is 3.10. The van der Waals surface area contributed by atoms with E-state index in [1.54, 1.807) is 11.8 Å². The van der Waals surface area contributed by atoms with E-state index >= 15 is 0 Å². The molecule has 0 fully saturated rings. The molecule has 1 aromatic heterocycles. The first kappa shape index (κ1) is 14.7. The molecule has 0 atom stereocenters. The number of tetrazole rings is 1. The first-order valence-electron chi connectivity index (χ1n) is 8.10. The lowest BCUT2D eigenvalue weighted by atomic mass is 10.0. The van der Waals surface area contributed by atoms with Gasteiger partial charge < -0.3 is 9.64 Å². The Balaban J connectivity index is 1.68. The smallest absolute Gasteiger partial charge is 0.175 e. The van der Waals surface area contributed by atoms with Gasteiger partial charge in [-0.1, -0.05) is 30.3 Å². The largest absolute Gasteiger partial charge is 0.495 e. The third-order valence-corrected chi connectivity index (χ3v) is 4.36. The van der Waals surface area contributed by atoms with Gasteiger partial charge in [-0.2, -0.15) is 4.68 Å². The third-order valence-electron chi connectivity index (χ3n) is 4.36. The molecule has 122 valence electrons. The molecule has 4 rings (SSSR count). The Morgan fingerprint density at radius 1 is 1.08 bits per heavy atom. The Morgan fingerprint density at radius 3 is 2.79 bits per heavy atom. The molecule has 1 aliphatic rings. The van der Waals surface area contributed by atoms with Crippen molar-refractivity contribution >= 4 is 5.69 Å². The van der Waals surface area contributed by atoms with Crippen LogP contribution in [-0.2, 0) is 13.0 Å². The van der Waals surface area contributed by atoms with E-state index in [4.69, 9.17) is 4.74 Å². The number of para-hydroxylation sites is 2. The van der Waals surface area contributed by atoms with E-state index in [1.807, 2.05) is 36.4 Å². The highest BCUT2D eigenvalue weighted by Gasteiger charge is 2.23. The highest BCUT2D eigenvalue weighted by Crippen LogP contribution is 2.36. The topological polar surface area (TPSA) is 56.1 Å². The van der Waals surface area contributed by atoms with E-state index in [9.17, 15) is 0 Å². The quantitative estimate of drug-likeness (QED) is 0.739. The number of hydrogen-bond donors (Lipinski definition) is 0. The lowest BCUT2D eigenvalue weighted by molar-refractivity contribution is 0.412. The molecule has 1 aliphatic heterocycles. The van der Waals surface area contributed by atoms with Crippen LogP contribution in [0.4, 0.5) is 5.69 Å². The zero-order chi connectivity index (χ0) is 16.4. The minimum atomic E-state index is 0.648. The van der Waals surface area contributed by atoms with Crippen molar-refractivity contribution in [3.8, 4) is 11.4 Å². The van der Waals surface area contributed by atoms with E-state index in [-0.39, 0.29) is 0 Å². The molecule has 2 heterocycles. The van der Waals surface area contributed by atoms with Crippen molar-refractivity contribution < 1.29 is 4.74 Å². The molecule has 3 aromatic rings. The minimum Gasteiger partial charge on any atom is -0.495 e. The summed E-state index contributed by atoms with van der Waals surface area (Å²) < 4.78 is 7.37. The minimum absolute atomic E-state index is 0.648. The van der Waals surface area contributed by atoms with Crippen molar-refractivity contribution in [3.63, 3.8) is 0 Å². The van der Waals surface area contributed by atoms with Gasteiger partial charge in [0, 0.05) is 6.54 Å². The Morgan fingerprint density at radius 2 is 1.96 bits per heavy atom. The Hall–Kier alpha value is -2.89. The van der Waals surface area contributed by atoms with E-state index in [1.165, 1.54) is 5.56 Å². The summed E-state index contributed by atoms with van der Waals surface area (Å²) in [4.78, 5) is 2.31. The summed E-state index contributed by atoms with van der Waals surface area (Å²) in [6.45, 7) is 1.62. The van der Waals surface area contributed by atoms with Crippen molar-refractivity contribution in [2.45, 2.75) is 19.4 Å². The number of rotatable bonds is 4. The van der Waals surface area contributed by atoms with Gasteiger partial charge in [-0.15, -0.1) is 5.10 Å².